The number of benzene rings is 1. The van der Waals surface area contributed by atoms with Gasteiger partial charge in [-0.05, 0) is 42.7 Å². The predicted octanol–water partition coefficient (Wildman–Crippen LogP) is 3.20. The van der Waals surface area contributed by atoms with E-state index in [0.29, 0.717) is 31.0 Å². The first-order chi connectivity index (χ1) is 11.4. The lowest BCUT2D eigenvalue weighted by Gasteiger charge is -2.09. The standard InChI is InChI=1S/C18H24N4O2/c1-13(2)10-18(24)21-16-6-4-15(5-7-16)20-17(23)8-9-22-12-14(3)11-19-22/h4-7,11-13H,8-10H2,1-3H3,(H,20,23)(H,21,24). The summed E-state index contributed by atoms with van der Waals surface area (Å²) in [6, 6.07) is 7.12. The summed E-state index contributed by atoms with van der Waals surface area (Å²) in [5.41, 5.74) is 2.51. The molecule has 128 valence electrons. The van der Waals surface area contributed by atoms with Gasteiger partial charge in [-0.2, -0.15) is 5.10 Å². The van der Waals surface area contributed by atoms with E-state index in [-0.39, 0.29) is 11.8 Å². The molecule has 1 aromatic carbocycles. The lowest BCUT2D eigenvalue weighted by molar-refractivity contribution is -0.117. The number of hydrogen-bond acceptors (Lipinski definition) is 3. The maximum Gasteiger partial charge on any atom is 0.226 e. The normalized spacial score (nSPS) is 10.7. The van der Waals surface area contributed by atoms with E-state index in [1.54, 1.807) is 35.1 Å². The van der Waals surface area contributed by atoms with Crippen molar-refractivity contribution in [2.45, 2.75) is 40.2 Å². The Bertz CT molecular complexity index is 689. The molecule has 0 radical (unpaired) electrons. The highest BCUT2D eigenvalue weighted by molar-refractivity contribution is 5.92. The molecule has 0 saturated heterocycles. The average Bonchev–Trinajstić information content (AvgIpc) is 2.92. The van der Waals surface area contributed by atoms with Crippen LogP contribution in [0.4, 0.5) is 11.4 Å². The van der Waals surface area contributed by atoms with Crippen LogP contribution in [-0.4, -0.2) is 21.6 Å². The number of anilines is 2. The van der Waals surface area contributed by atoms with E-state index in [9.17, 15) is 9.59 Å². The number of aromatic nitrogens is 2. The largest absolute Gasteiger partial charge is 0.326 e. The molecule has 0 bridgehead atoms. The number of amides is 2. The van der Waals surface area contributed by atoms with Gasteiger partial charge in [0.1, 0.15) is 0 Å². The van der Waals surface area contributed by atoms with Gasteiger partial charge in [0.15, 0.2) is 0 Å². The predicted molar refractivity (Wildman–Crippen MR) is 94.7 cm³/mol. The van der Waals surface area contributed by atoms with Crippen LogP contribution < -0.4 is 10.6 Å². The average molecular weight is 328 g/mol. The minimum absolute atomic E-state index is 0.00342. The molecule has 2 amide bonds. The van der Waals surface area contributed by atoms with Crippen LogP contribution in [0.5, 0.6) is 0 Å². The second-order valence-electron chi connectivity index (χ2n) is 6.30. The van der Waals surface area contributed by atoms with Crippen LogP contribution >= 0.6 is 0 Å². The molecule has 0 fully saturated rings. The van der Waals surface area contributed by atoms with Crippen molar-refractivity contribution in [2.75, 3.05) is 10.6 Å². The minimum Gasteiger partial charge on any atom is -0.326 e. The number of rotatable bonds is 7. The van der Waals surface area contributed by atoms with Crippen molar-refractivity contribution in [3.63, 3.8) is 0 Å². The van der Waals surface area contributed by atoms with E-state index in [1.165, 1.54) is 0 Å². The molecule has 2 aromatic rings. The fraction of sp³-hybridized carbons (Fsp3) is 0.389. The highest BCUT2D eigenvalue weighted by Gasteiger charge is 2.06. The summed E-state index contributed by atoms with van der Waals surface area (Å²) in [4.78, 5) is 23.7. The van der Waals surface area contributed by atoms with E-state index in [1.807, 2.05) is 27.0 Å². The molecule has 0 saturated carbocycles. The Morgan fingerprint density at radius 2 is 1.67 bits per heavy atom. The zero-order valence-electron chi connectivity index (χ0n) is 14.4. The first-order valence-electron chi connectivity index (χ1n) is 8.11. The van der Waals surface area contributed by atoms with Gasteiger partial charge in [0.2, 0.25) is 11.8 Å². The van der Waals surface area contributed by atoms with E-state index in [2.05, 4.69) is 15.7 Å². The van der Waals surface area contributed by atoms with Crippen LogP contribution in [0, 0.1) is 12.8 Å². The van der Waals surface area contributed by atoms with E-state index >= 15 is 0 Å². The van der Waals surface area contributed by atoms with Gasteiger partial charge in [-0.15, -0.1) is 0 Å². The second-order valence-corrected chi connectivity index (χ2v) is 6.30. The van der Waals surface area contributed by atoms with Crippen LogP contribution in [0.25, 0.3) is 0 Å². The quantitative estimate of drug-likeness (QED) is 0.819. The van der Waals surface area contributed by atoms with Crippen molar-refractivity contribution >= 4 is 23.2 Å². The number of aryl methyl sites for hydroxylation is 2. The van der Waals surface area contributed by atoms with Crippen molar-refractivity contribution in [1.29, 1.82) is 0 Å². The molecule has 0 unspecified atom stereocenters. The van der Waals surface area contributed by atoms with Crippen LogP contribution in [0.15, 0.2) is 36.7 Å². The third-order valence-electron chi connectivity index (χ3n) is 3.38. The van der Waals surface area contributed by atoms with Gasteiger partial charge in [0.25, 0.3) is 0 Å². The van der Waals surface area contributed by atoms with Gasteiger partial charge >= 0.3 is 0 Å². The van der Waals surface area contributed by atoms with E-state index in [4.69, 9.17) is 0 Å². The molecule has 0 atom stereocenters. The molecule has 6 nitrogen and oxygen atoms in total. The van der Waals surface area contributed by atoms with Crippen molar-refractivity contribution in [2.24, 2.45) is 5.92 Å². The van der Waals surface area contributed by atoms with Gasteiger partial charge in [-0.25, -0.2) is 0 Å². The number of hydrogen-bond donors (Lipinski definition) is 2. The fourth-order valence-electron chi connectivity index (χ4n) is 2.25. The summed E-state index contributed by atoms with van der Waals surface area (Å²) < 4.78 is 1.75. The molecule has 0 aliphatic heterocycles. The Balaban J connectivity index is 1.80. The molecule has 2 N–H and O–H groups in total. The van der Waals surface area contributed by atoms with Crippen molar-refractivity contribution in [1.82, 2.24) is 9.78 Å². The zero-order chi connectivity index (χ0) is 17.5. The molecular weight excluding hydrogens is 304 g/mol. The Morgan fingerprint density at radius 1 is 1.08 bits per heavy atom. The molecule has 6 heteroatoms. The second kappa shape index (κ2) is 8.29. The van der Waals surface area contributed by atoms with E-state index < -0.39 is 0 Å². The monoisotopic (exact) mass is 328 g/mol. The third kappa shape index (κ3) is 5.87. The number of carbonyl (C=O) groups excluding carboxylic acids is 2. The summed E-state index contributed by atoms with van der Waals surface area (Å²) in [7, 11) is 0. The summed E-state index contributed by atoms with van der Waals surface area (Å²) >= 11 is 0. The molecular formula is C18H24N4O2. The fourth-order valence-corrected chi connectivity index (χ4v) is 2.25. The van der Waals surface area contributed by atoms with Gasteiger partial charge < -0.3 is 10.6 Å². The van der Waals surface area contributed by atoms with Gasteiger partial charge in [-0.1, -0.05) is 13.8 Å². The number of carbonyl (C=O) groups is 2. The Hall–Kier alpha value is -2.63. The van der Waals surface area contributed by atoms with Crippen LogP contribution in [0.3, 0.4) is 0 Å². The van der Waals surface area contributed by atoms with Crippen LogP contribution in [0.1, 0.15) is 32.3 Å². The summed E-state index contributed by atoms with van der Waals surface area (Å²) in [5.74, 6) is 0.248. The Morgan fingerprint density at radius 3 is 2.17 bits per heavy atom. The maximum atomic E-state index is 12.0. The third-order valence-corrected chi connectivity index (χ3v) is 3.38. The first-order valence-corrected chi connectivity index (χ1v) is 8.11. The molecule has 1 heterocycles. The zero-order valence-corrected chi connectivity index (χ0v) is 14.4. The van der Waals surface area contributed by atoms with Gasteiger partial charge in [0, 0.05) is 37.0 Å². The van der Waals surface area contributed by atoms with Gasteiger partial charge in [0.05, 0.1) is 6.20 Å². The van der Waals surface area contributed by atoms with Crippen molar-refractivity contribution < 1.29 is 9.59 Å². The highest BCUT2D eigenvalue weighted by atomic mass is 16.2. The smallest absolute Gasteiger partial charge is 0.226 e. The minimum atomic E-state index is -0.0697. The number of nitrogens with one attached hydrogen (secondary N) is 2. The van der Waals surface area contributed by atoms with Crippen LogP contribution in [-0.2, 0) is 16.1 Å². The van der Waals surface area contributed by atoms with Crippen LogP contribution in [0.2, 0.25) is 0 Å². The molecule has 0 spiro atoms. The van der Waals surface area contributed by atoms with Gasteiger partial charge in [-0.3, -0.25) is 14.3 Å². The lowest BCUT2D eigenvalue weighted by Crippen LogP contribution is -2.15. The molecule has 1 aromatic heterocycles. The lowest BCUT2D eigenvalue weighted by atomic mass is 10.1. The Labute approximate surface area is 142 Å². The molecule has 2 rings (SSSR count). The van der Waals surface area contributed by atoms with E-state index in [0.717, 1.165) is 11.3 Å². The summed E-state index contributed by atoms with van der Waals surface area (Å²) in [6.45, 7) is 6.51. The first kappa shape index (κ1) is 17.7. The summed E-state index contributed by atoms with van der Waals surface area (Å²) in [5, 5.41) is 9.83. The Kier molecular flexibility index (Phi) is 6.12. The van der Waals surface area contributed by atoms with Crippen molar-refractivity contribution in [3.05, 3.63) is 42.2 Å². The SMILES string of the molecule is Cc1cnn(CCC(=O)Nc2ccc(NC(=O)CC(C)C)cc2)c1. The van der Waals surface area contributed by atoms with Crippen molar-refractivity contribution in [3.8, 4) is 0 Å². The highest BCUT2D eigenvalue weighted by Crippen LogP contribution is 2.15. The number of nitrogens with zero attached hydrogens (tertiary/aromatic N) is 2. The summed E-state index contributed by atoms with van der Waals surface area (Å²) in [6.07, 6.45) is 4.52. The molecule has 24 heavy (non-hydrogen) atoms. The maximum absolute atomic E-state index is 12.0. The topological polar surface area (TPSA) is 76.0 Å². The molecule has 0 aliphatic rings. The molecule has 0 aliphatic carbocycles.